The number of alkyl halides is 1. The molecule has 0 aromatic heterocycles. The van der Waals surface area contributed by atoms with Crippen LogP contribution in [0, 0.1) is 5.92 Å². The number of alkyl carbamates (subject to hydrolysis) is 1. The van der Waals surface area contributed by atoms with Gasteiger partial charge in [0.15, 0.2) is 0 Å². The van der Waals surface area contributed by atoms with Crippen LogP contribution in [0.15, 0.2) is 24.3 Å². The fourth-order valence-electron chi connectivity index (χ4n) is 3.37. The highest BCUT2D eigenvalue weighted by Crippen LogP contribution is 2.22. The lowest BCUT2D eigenvalue weighted by Crippen LogP contribution is -2.48. The Balaban J connectivity index is 3.21. The zero-order valence-corrected chi connectivity index (χ0v) is 23.3. The number of amides is 1. The third-order valence-electron chi connectivity index (χ3n) is 4.75. The van der Waals surface area contributed by atoms with Crippen molar-refractivity contribution in [2.45, 2.75) is 111 Å². The number of halogens is 1. The summed E-state index contributed by atoms with van der Waals surface area (Å²) in [6, 6.07) is 6.45. The van der Waals surface area contributed by atoms with Crippen LogP contribution < -0.4 is 5.32 Å². The predicted molar refractivity (Wildman–Crippen MR) is 137 cm³/mol. The van der Waals surface area contributed by atoms with Gasteiger partial charge in [-0.3, -0.25) is 9.18 Å². The quantitative estimate of drug-likeness (QED) is 0.321. The van der Waals surface area contributed by atoms with Crippen molar-refractivity contribution in [1.82, 2.24) is 5.32 Å². The Morgan fingerprint density at radius 1 is 0.778 bits per heavy atom. The lowest BCUT2D eigenvalue weighted by atomic mass is 9.91. The van der Waals surface area contributed by atoms with Crippen LogP contribution >= 0.6 is 0 Å². The highest BCUT2D eigenvalue weighted by atomic mass is 19.1. The fourth-order valence-corrected chi connectivity index (χ4v) is 3.37. The van der Waals surface area contributed by atoms with E-state index < -0.39 is 46.8 Å². The van der Waals surface area contributed by atoms with Gasteiger partial charge in [-0.25, -0.2) is 9.59 Å². The first kappa shape index (κ1) is 31.4. The maximum Gasteiger partial charge on any atom is 0.408 e. The second-order valence-electron chi connectivity index (χ2n) is 12.0. The summed E-state index contributed by atoms with van der Waals surface area (Å²) in [5, 5.41) is 2.58. The molecule has 0 aliphatic rings. The predicted octanol–water partition coefficient (Wildman–Crippen LogP) is 5.71. The molecule has 0 spiro atoms. The second-order valence-corrected chi connectivity index (χ2v) is 12.0. The molecule has 8 heteroatoms. The maximum atomic E-state index is 13.2. The van der Waals surface area contributed by atoms with E-state index in [2.05, 4.69) is 5.32 Å². The molecule has 0 heterocycles. The molecule has 0 aliphatic carbocycles. The van der Waals surface area contributed by atoms with E-state index in [0.29, 0.717) is 12.8 Å². The number of nitrogens with one attached hydrogen (secondary N) is 1. The first-order chi connectivity index (χ1) is 16.4. The monoisotopic (exact) mass is 509 g/mol. The number of carbonyl (C=O) groups excluding carboxylic acids is 3. The molecule has 0 fully saturated rings. The minimum atomic E-state index is -1.12. The number of hydrogen-bond donors (Lipinski definition) is 1. The van der Waals surface area contributed by atoms with Crippen LogP contribution in [0.25, 0.3) is 0 Å². The minimum absolute atomic E-state index is 0.0350. The third kappa shape index (κ3) is 13.4. The van der Waals surface area contributed by atoms with Gasteiger partial charge in [0, 0.05) is 0 Å². The normalized spacial score (nSPS) is 13.9. The van der Waals surface area contributed by atoms with Crippen LogP contribution in [0.3, 0.4) is 0 Å². The average molecular weight is 510 g/mol. The lowest BCUT2D eigenvalue weighted by molar-refractivity contribution is -0.162. The molecular weight excluding hydrogens is 465 g/mol. The Morgan fingerprint density at radius 3 is 1.72 bits per heavy atom. The first-order valence-electron chi connectivity index (χ1n) is 12.5. The summed E-state index contributed by atoms with van der Waals surface area (Å²) in [6.45, 7) is 15.3. The van der Waals surface area contributed by atoms with Crippen LogP contribution in [0.1, 0.15) is 86.3 Å². The van der Waals surface area contributed by atoms with Gasteiger partial charge in [0.2, 0.25) is 0 Å². The van der Waals surface area contributed by atoms with Gasteiger partial charge < -0.3 is 19.5 Å². The Bertz CT molecular complexity index is 862. The van der Waals surface area contributed by atoms with E-state index in [1.165, 1.54) is 0 Å². The van der Waals surface area contributed by atoms with E-state index in [1.54, 1.807) is 62.3 Å². The Kier molecular flexibility index (Phi) is 11.4. The second kappa shape index (κ2) is 13.1. The van der Waals surface area contributed by atoms with Gasteiger partial charge in [0.05, 0.1) is 12.6 Å². The Morgan fingerprint density at radius 2 is 1.25 bits per heavy atom. The van der Waals surface area contributed by atoms with Gasteiger partial charge in [0.1, 0.15) is 22.8 Å². The molecule has 0 saturated carbocycles. The number of esters is 2. The molecule has 2 atom stereocenters. The van der Waals surface area contributed by atoms with Crippen molar-refractivity contribution in [3.63, 3.8) is 0 Å². The van der Waals surface area contributed by atoms with Gasteiger partial charge in [-0.1, -0.05) is 24.3 Å². The van der Waals surface area contributed by atoms with E-state index in [1.807, 2.05) is 24.3 Å². The topological polar surface area (TPSA) is 90.9 Å². The van der Waals surface area contributed by atoms with Crippen LogP contribution in [-0.2, 0) is 36.6 Å². The van der Waals surface area contributed by atoms with Crippen LogP contribution in [-0.4, -0.2) is 47.6 Å². The molecule has 0 radical (unpaired) electrons. The standard InChI is InChI=1S/C28H44FNO6/c1-26(2,3)34-23(31)21(17-20-14-12-19(13-15-20)11-10-16-29)18-22(24(32)35-27(4,5)6)30-25(33)36-28(7,8)9/h12-15,21-22H,10-11,16-18H2,1-9H3,(H,30,33)/t21-,22-/m0/s1. The molecular formula is C28H44FNO6. The molecule has 7 nitrogen and oxygen atoms in total. The molecule has 1 aromatic rings. The van der Waals surface area contributed by atoms with Crippen LogP contribution in [0.4, 0.5) is 9.18 Å². The van der Waals surface area contributed by atoms with Gasteiger partial charge in [0.25, 0.3) is 0 Å². The van der Waals surface area contributed by atoms with Crippen molar-refractivity contribution < 1.29 is 33.0 Å². The Hall–Kier alpha value is -2.64. The number of ether oxygens (including phenoxy) is 3. The number of aryl methyl sites for hydroxylation is 1. The zero-order chi connectivity index (χ0) is 27.7. The molecule has 1 N–H and O–H groups in total. The van der Waals surface area contributed by atoms with Crippen molar-refractivity contribution in [2.24, 2.45) is 5.92 Å². The molecule has 1 rings (SSSR count). The van der Waals surface area contributed by atoms with Crippen LogP contribution in [0.2, 0.25) is 0 Å². The van der Waals surface area contributed by atoms with E-state index in [4.69, 9.17) is 14.2 Å². The molecule has 0 saturated heterocycles. The molecule has 0 aliphatic heterocycles. The maximum absolute atomic E-state index is 13.2. The first-order valence-corrected chi connectivity index (χ1v) is 12.5. The molecule has 1 amide bonds. The zero-order valence-electron chi connectivity index (χ0n) is 23.3. The molecule has 204 valence electrons. The average Bonchev–Trinajstić information content (AvgIpc) is 2.68. The number of carbonyl (C=O) groups is 3. The van der Waals surface area contributed by atoms with Gasteiger partial charge in [-0.05, 0) is 99.1 Å². The summed E-state index contributed by atoms with van der Waals surface area (Å²) in [5.41, 5.74) is -0.428. The fraction of sp³-hybridized carbons (Fsp3) is 0.679. The number of benzene rings is 1. The molecule has 36 heavy (non-hydrogen) atoms. The largest absolute Gasteiger partial charge is 0.460 e. The lowest BCUT2D eigenvalue weighted by Gasteiger charge is -2.29. The number of hydrogen-bond acceptors (Lipinski definition) is 6. The summed E-state index contributed by atoms with van der Waals surface area (Å²) < 4.78 is 29.0. The van der Waals surface area contributed by atoms with Crippen molar-refractivity contribution in [1.29, 1.82) is 0 Å². The van der Waals surface area contributed by atoms with Gasteiger partial charge >= 0.3 is 18.0 Å². The van der Waals surface area contributed by atoms with E-state index >= 15 is 0 Å². The third-order valence-corrected chi connectivity index (χ3v) is 4.75. The Labute approximate surface area is 215 Å². The molecule has 1 aromatic carbocycles. The highest BCUT2D eigenvalue weighted by Gasteiger charge is 2.35. The summed E-state index contributed by atoms with van der Waals surface area (Å²) in [5.74, 6) is -1.89. The summed E-state index contributed by atoms with van der Waals surface area (Å²) >= 11 is 0. The summed E-state index contributed by atoms with van der Waals surface area (Å²) in [4.78, 5) is 38.7. The smallest absolute Gasteiger partial charge is 0.408 e. The van der Waals surface area contributed by atoms with Crippen molar-refractivity contribution in [3.05, 3.63) is 35.4 Å². The summed E-state index contributed by atoms with van der Waals surface area (Å²) in [6.07, 6.45) is 0.555. The van der Waals surface area contributed by atoms with E-state index in [-0.39, 0.29) is 19.5 Å². The van der Waals surface area contributed by atoms with Gasteiger partial charge in [-0.15, -0.1) is 0 Å². The van der Waals surface area contributed by atoms with Crippen molar-refractivity contribution >= 4 is 18.0 Å². The molecule has 0 bridgehead atoms. The number of rotatable bonds is 10. The van der Waals surface area contributed by atoms with E-state index in [0.717, 1.165) is 11.1 Å². The summed E-state index contributed by atoms with van der Waals surface area (Å²) in [7, 11) is 0. The highest BCUT2D eigenvalue weighted by molar-refractivity contribution is 5.83. The van der Waals surface area contributed by atoms with Crippen LogP contribution in [0.5, 0.6) is 0 Å². The van der Waals surface area contributed by atoms with Gasteiger partial charge in [-0.2, -0.15) is 0 Å². The van der Waals surface area contributed by atoms with Crippen molar-refractivity contribution in [2.75, 3.05) is 6.67 Å². The van der Waals surface area contributed by atoms with E-state index in [9.17, 15) is 18.8 Å². The SMILES string of the molecule is CC(C)(C)OC(=O)N[C@@H](C[C@H](Cc1ccc(CCCF)cc1)C(=O)OC(C)(C)C)C(=O)OC(C)(C)C. The molecule has 0 unspecified atom stereocenters. The van der Waals surface area contributed by atoms with Crippen molar-refractivity contribution in [3.8, 4) is 0 Å². The minimum Gasteiger partial charge on any atom is -0.460 e.